The zero-order valence-corrected chi connectivity index (χ0v) is 12.9. The molecule has 0 rings (SSSR count). The van der Waals surface area contributed by atoms with E-state index in [0.717, 1.165) is 12.8 Å². The Hall–Kier alpha value is 2.32. The Morgan fingerprint density at radius 1 is 1.22 bits per heavy atom. The van der Waals surface area contributed by atoms with Crippen molar-refractivity contribution in [3.8, 4) is 0 Å². The Balaban J connectivity index is -0.0000000417. The molecule has 0 saturated carbocycles. The Morgan fingerprint density at radius 3 is 1.44 bits per heavy atom. The first-order chi connectivity index (χ1) is 2.81. The molecule has 0 unspecified atom stereocenters. The van der Waals surface area contributed by atoms with Crippen molar-refractivity contribution in [2.24, 2.45) is 5.92 Å². The number of rotatable bonds is 2. The molecule has 0 atom stereocenters. The largest absolute Gasteiger partial charge is 0.358 e. The third-order valence-corrected chi connectivity index (χ3v) is 0.986. The molecule has 0 saturated heterocycles. The SMILES string of the molecule is [CH2-]CC(C)C[CH2-].[CH3-].[K].[W]. The maximum Gasteiger partial charge on any atom is 0 e. The van der Waals surface area contributed by atoms with Crippen LogP contribution in [-0.4, -0.2) is 51.4 Å². The molecular weight excluding hydrogens is 307 g/mol. The monoisotopic (exact) mass is 322 g/mol. The third kappa shape index (κ3) is 17.9. The van der Waals surface area contributed by atoms with Gasteiger partial charge in [-0.1, -0.05) is 12.8 Å². The third-order valence-electron chi connectivity index (χ3n) is 0.986. The van der Waals surface area contributed by atoms with Gasteiger partial charge in [0.2, 0.25) is 0 Å². The van der Waals surface area contributed by atoms with Crippen molar-refractivity contribution in [2.45, 2.75) is 19.8 Å². The fourth-order valence-electron chi connectivity index (χ4n) is 0.144. The topological polar surface area (TPSA) is 0 Å². The van der Waals surface area contributed by atoms with Gasteiger partial charge in [-0.3, -0.25) is 0 Å². The number of hydrogen-bond donors (Lipinski definition) is 0. The van der Waals surface area contributed by atoms with Crippen molar-refractivity contribution in [1.29, 1.82) is 0 Å². The van der Waals surface area contributed by atoms with Crippen LogP contribution in [-0.2, 0) is 21.1 Å². The van der Waals surface area contributed by atoms with Gasteiger partial charge in [-0.2, -0.15) is 12.8 Å². The van der Waals surface area contributed by atoms with Crippen LogP contribution in [0.1, 0.15) is 19.8 Å². The van der Waals surface area contributed by atoms with Crippen LogP contribution >= 0.6 is 0 Å². The van der Waals surface area contributed by atoms with Crippen molar-refractivity contribution in [3.63, 3.8) is 0 Å². The molecule has 0 aromatic carbocycles. The standard InChI is InChI=1S/C6H12.CH3.K.W/c1-4-6(3)5-2;;;/h6H,1-2,4-5H2,3H3;1H3;;/q-2;-1;;. The van der Waals surface area contributed by atoms with Gasteiger partial charge in [-0.25, -0.2) is 0 Å². The van der Waals surface area contributed by atoms with Crippen molar-refractivity contribution < 1.29 is 21.1 Å². The zero-order chi connectivity index (χ0) is 4.99. The van der Waals surface area contributed by atoms with Crippen LogP contribution in [0.2, 0.25) is 0 Å². The summed E-state index contributed by atoms with van der Waals surface area (Å²) in [5.74, 6) is 0.713. The molecule has 2 heteroatoms. The second-order valence-corrected chi connectivity index (χ2v) is 1.68. The normalized spacial score (nSPS) is 6.67. The molecule has 0 aromatic rings. The van der Waals surface area contributed by atoms with Crippen LogP contribution in [0.25, 0.3) is 0 Å². The van der Waals surface area contributed by atoms with Gasteiger partial charge in [0, 0.05) is 72.4 Å². The van der Waals surface area contributed by atoms with Crippen LogP contribution < -0.4 is 0 Å². The summed E-state index contributed by atoms with van der Waals surface area (Å²) in [5.41, 5.74) is 0. The van der Waals surface area contributed by atoms with Gasteiger partial charge < -0.3 is 21.3 Å². The summed E-state index contributed by atoms with van der Waals surface area (Å²) >= 11 is 0. The molecule has 0 bridgehead atoms. The first-order valence-electron chi connectivity index (χ1n) is 2.39. The quantitative estimate of drug-likeness (QED) is 0.540. The predicted octanol–water partition coefficient (Wildman–Crippen LogP) is 2.14. The second kappa shape index (κ2) is 16.7. The Morgan fingerprint density at radius 2 is 1.44 bits per heavy atom. The van der Waals surface area contributed by atoms with Gasteiger partial charge in [0.1, 0.15) is 0 Å². The van der Waals surface area contributed by atoms with E-state index in [2.05, 4.69) is 20.8 Å². The first-order valence-corrected chi connectivity index (χ1v) is 2.39. The molecule has 0 amide bonds. The van der Waals surface area contributed by atoms with E-state index in [4.69, 9.17) is 0 Å². The van der Waals surface area contributed by atoms with Crippen LogP contribution in [0.5, 0.6) is 0 Å². The van der Waals surface area contributed by atoms with Crippen molar-refractivity contribution in [3.05, 3.63) is 21.3 Å². The molecule has 0 heterocycles. The predicted molar refractivity (Wildman–Crippen MR) is 41.3 cm³/mol. The van der Waals surface area contributed by atoms with Crippen molar-refractivity contribution in [2.75, 3.05) is 0 Å². The number of hydrogen-bond acceptors (Lipinski definition) is 0. The Labute approximate surface area is 117 Å². The van der Waals surface area contributed by atoms with Gasteiger partial charge in [0.05, 0.1) is 0 Å². The van der Waals surface area contributed by atoms with E-state index in [1.54, 1.807) is 0 Å². The van der Waals surface area contributed by atoms with Crippen LogP contribution in [0.3, 0.4) is 0 Å². The van der Waals surface area contributed by atoms with Gasteiger partial charge in [-0.05, 0) is 0 Å². The molecule has 53 valence electrons. The molecule has 0 spiro atoms. The summed E-state index contributed by atoms with van der Waals surface area (Å²) in [4.78, 5) is 0. The smallest absolute Gasteiger partial charge is 0 e. The van der Waals surface area contributed by atoms with Gasteiger partial charge in [-0.15, -0.1) is 0 Å². The van der Waals surface area contributed by atoms with Crippen LogP contribution in [0.15, 0.2) is 0 Å². The molecule has 0 N–H and O–H groups in total. The zero-order valence-electron chi connectivity index (χ0n) is 6.81. The average molecular weight is 322 g/mol. The summed E-state index contributed by atoms with van der Waals surface area (Å²) in [5, 5.41) is 0. The summed E-state index contributed by atoms with van der Waals surface area (Å²) in [7, 11) is 0. The average Bonchev–Trinajstić information content (AvgIpc) is 1.65. The molecular formula is C7H15KW-3. The van der Waals surface area contributed by atoms with Crippen molar-refractivity contribution >= 4 is 51.4 Å². The molecule has 0 nitrogen and oxygen atoms in total. The van der Waals surface area contributed by atoms with Crippen LogP contribution in [0, 0.1) is 27.2 Å². The summed E-state index contributed by atoms with van der Waals surface area (Å²) in [6.45, 7) is 9.59. The summed E-state index contributed by atoms with van der Waals surface area (Å²) < 4.78 is 0. The fraction of sp³-hybridized carbons (Fsp3) is 0.571. The van der Waals surface area contributed by atoms with Crippen LogP contribution in [0.4, 0.5) is 0 Å². The Bertz CT molecular complexity index is 28.1. The molecule has 0 aliphatic heterocycles. The first kappa shape index (κ1) is 22.5. The molecule has 1 radical (unpaired) electrons. The van der Waals surface area contributed by atoms with E-state index in [0.29, 0.717) is 5.92 Å². The minimum Gasteiger partial charge on any atom is -0.358 e. The van der Waals surface area contributed by atoms with E-state index in [1.165, 1.54) is 0 Å². The van der Waals surface area contributed by atoms with Gasteiger partial charge in [0.15, 0.2) is 0 Å². The van der Waals surface area contributed by atoms with E-state index in [1.807, 2.05) is 0 Å². The van der Waals surface area contributed by atoms with E-state index < -0.39 is 0 Å². The van der Waals surface area contributed by atoms with Gasteiger partial charge in [0.25, 0.3) is 0 Å². The van der Waals surface area contributed by atoms with E-state index in [9.17, 15) is 0 Å². The maximum atomic E-state index is 3.72. The van der Waals surface area contributed by atoms with Gasteiger partial charge >= 0.3 is 0 Å². The summed E-state index contributed by atoms with van der Waals surface area (Å²) in [6, 6.07) is 0. The molecule has 0 aromatic heterocycles. The van der Waals surface area contributed by atoms with E-state index >= 15 is 0 Å². The minimum absolute atomic E-state index is 0. The molecule has 0 aliphatic rings. The fourth-order valence-corrected chi connectivity index (χ4v) is 0.144. The van der Waals surface area contributed by atoms with Crippen molar-refractivity contribution in [1.82, 2.24) is 0 Å². The minimum atomic E-state index is 0. The molecule has 9 heavy (non-hydrogen) atoms. The maximum absolute atomic E-state index is 3.72. The summed E-state index contributed by atoms with van der Waals surface area (Å²) in [6.07, 6.45) is 2.03. The van der Waals surface area contributed by atoms with E-state index in [-0.39, 0.29) is 79.9 Å². The Kier molecular flexibility index (Phi) is 41.8. The second-order valence-electron chi connectivity index (χ2n) is 1.68. The molecule has 0 aliphatic carbocycles. The molecule has 0 fully saturated rings.